The van der Waals surface area contributed by atoms with Crippen LogP contribution in [0.2, 0.25) is 0 Å². The fraction of sp³-hybridized carbons (Fsp3) is 0.263. The molecule has 24 heavy (non-hydrogen) atoms. The molecule has 1 aliphatic rings. The van der Waals surface area contributed by atoms with Crippen molar-refractivity contribution < 1.29 is 13.9 Å². The Morgan fingerprint density at radius 1 is 1.29 bits per heavy atom. The molecule has 0 aromatic heterocycles. The van der Waals surface area contributed by atoms with Crippen LogP contribution in [-0.2, 0) is 4.74 Å². The number of ether oxygens (including phenoxy) is 1. The van der Waals surface area contributed by atoms with Gasteiger partial charge in [0.2, 0.25) is 0 Å². The lowest BCUT2D eigenvalue weighted by Gasteiger charge is -2.19. The van der Waals surface area contributed by atoms with Gasteiger partial charge >= 0.3 is 0 Å². The minimum Gasteiger partial charge on any atom is -0.373 e. The van der Waals surface area contributed by atoms with E-state index in [0.717, 1.165) is 12.0 Å². The van der Waals surface area contributed by atoms with Crippen LogP contribution < -0.4 is 5.32 Å². The summed E-state index contributed by atoms with van der Waals surface area (Å²) < 4.78 is 18.8. The van der Waals surface area contributed by atoms with Crippen LogP contribution in [0, 0.1) is 23.1 Å². The molecule has 122 valence electrons. The Morgan fingerprint density at radius 2 is 2.08 bits per heavy atom. The molecule has 0 spiro atoms. The molecule has 4 nitrogen and oxygen atoms in total. The Morgan fingerprint density at radius 3 is 2.83 bits per heavy atom. The number of carbonyl (C=O) groups is 1. The van der Waals surface area contributed by atoms with E-state index in [4.69, 9.17) is 10.00 Å². The Balaban J connectivity index is 1.63. The molecule has 0 unspecified atom stereocenters. The fourth-order valence-electron chi connectivity index (χ4n) is 2.92. The maximum absolute atomic E-state index is 13.1. The van der Waals surface area contributed by atoms with Crippen molar-refractivity contribution in [2.24, 2.45) is 5.92 Å². The molecule has 0 radical (unpaired) electrons. The van der Waals surface area contributed by atoms with Gasteiger partial charge in [-0.2, -0.15) is 5.26 Å². The molecule has 2 aromatic rings. The van der Waals surface area contributed by atoms with E-state index in [1.165, 1.54) is 12.1 Å². The van der Waals surface area contributed by atoms with Crippen LogP contribution in [0.5, 0.6) is 0 Å². The van der Waals surface area contributed by atoms with Crippen molar-refractivity contribution in [2.75, 3.05) is 13.2 Å². The summed E-state index contributed by atoms with van der Waals surface area (Å²) in [4.78, 5) is 12.2. The number of rotatable bonds is 4. The predicted octanol–water partition coefficient (Wildman–Crippen LogP) is 3.20. The molecule has 1 saturated heterocycles. The average Bonchev–Trinajstić information content (AvgIpc) is 3.09. The van der Waals surface area contributed by atoms with Gasteiger partial charge in [0, 0.05) is 24.6 Å². The molecule has 1 aliphatic heterocycles. The lowest BCUT2D eigenvalue weighted by Crippen LogP contribution is -2.30. The summed E-state index contributed by atoms with van der Waals surface area (Å²) in [5.41, 5.74) is 1.84. The first-order chi connectivity index (χ1) is 11.7. The molecule has 2 aromatic carbocycles. The topological polar surface area (TPSA) is 62.1 Å². The van der Waals surface area contributed by atoms with Crippen LogP contribution >= 0.6 is 0 Å². The molecule has 1 heterocycles. The van der Waals surface area contributed by atoms with E-state index in [1.54, 1.807) is 36.4 Å². The molecule has 5 heteroatoms. The number of halogens is 1. The summed E-state index contributed by atoms with van der Waals surface area (Å²) in [5, 5.41) is 11.8. The number of carbonyl (C=O) groups excluding carboxylic acids is 1. The Labute approximate surface area is 139 Å². The molecule has 0 bridgehead atoms. The average molecular weight is 324 g/mol. The van der Waals surface area contributed by atoms with Crippen molar-refractivity contribution in [3.8, 4) is 6.07 Å². The van der Waals surface area contributed by atoms with Gasteiger partial charge < -0.3 is 10.1 Å². The zero-order valence-electron chi connectivity index (χ0n) is 13.0. The van der Waals surface area contributed by atoms with E-state index in [9.17, 15) is 9.18 Å². The molecule has 1 N–H and O–H groups in total. The normalized spacial score (nSPS) is 19.7. The van der Waals surface area contributed by atoms with Crippen molar-refractivity contribution in [3.63, 3.8) is 0 Å². The van der Waals surface area contributed by atoms with E-state index < -0.39 is 0 Å². The SMILES string of the molecule is N#Cc1cccc(C(=O)NC[C@@H]2CCO[C@H]2c2ccc(F)cc2)c1. The number of nitrogens with one attached hydrogen (secondary N) is 1. The first-order valence-electron chi connectivity index (χ1n) is 7.83. The number of hydrogen-bond acceptors (Lipinski definition) is 3. The minimum atomic E-state index is -0.279. The zero-order valence-corrected chi connectivity index (χ0v) is 13.0. The number of benzene rings is 2. The van der Waals surface area contributed by atoms with E-state index >= 15 is 0 Å². The van der Waals surface area contributed by atoms with Crippen LogP contribution in [0.25, 0.3) is 0 Å². The quantitative estimate of drug-likeness (QED) is 0.939. The van der Waals surface area contributed by atoms with Gasteiger partial charge in [-0.05, 0) is 42.3 Å². The fourth-order valence-corrected chi connectivity index (χ4v) is 2.92. The molecular formula is C19H17FN2O2. The maximum Gasteiger partial charge on any atom is 0.251 e. The van der Waals surface area contributed by atoms with Gasteiger partial charge in [0.1, 0.15) is 5.82 Å². The van der Waals surface area contributed by atoms with Gasteiger partial charge in [0.15, 0.2) is 0 Å². The molecule has 2 atom stereocenters. The highest BCUT2D eigenvalue weighted by atomic mass is 19.1. The lowest BCUT2D eigenvalue weighted by atomic mass is 9.95. The predicted molar refractivity (Wildman–Crippen MR) is 86.7 cm³/mol. The van der Waals surface area contributed by atoms with Crippen molar-refractivity contribution >= 4 is 5.91 Å². The van der Waals surface area contributed by atoms with Crippen molar-refractivity contribution in [3.05, 3.63) is 71.0 Å². The molecule has 0 saturated carbocycles. The first-order valence-corrected chi connectivity index (χ1v) is 7.83. The van der Waals surface area contributed by atoms with Gasteiger partial charge in [0.25, 0.3) is 5.91 Å². The molecule has 1 amide bonds. The highest BCUT2D eigenvalue weighted by Crippen LogP contribution is 2.34. The largest absolute Gasteiger partial charge is 0.373 e. The zero-order chi connectivity index (χ0) is 16.9. The highest BCUT2D eigenvalue weighted by molar-refractivity contribution is 5.94. The second-order valence-electron chi connectivity index (χ2n) is 5.79. The second-order valence-corrected chi connectivity index (χ2v) is 5.79. The first kappa shape index (κ1) is 16.2. The summed E-state index contributed by atoms with van der Waals surface area (Å²) >= 11 is 0. The highest BCUT2D eigenvalue weighted by Gasteiger charge is 2.30. The standard InChI is InChI=1S/C19H17FN2O2/c20-17-6-4-14(5-7-17)18-16(8-9-24-18)12-22-19(23)15-3-1-2-13(10-15)11-21/h1-7,10,16,18H,8-9,12H2,(H,22,23)/t16-,18-/m0/s1. The summed E-state index contributed by atoms with van der Waals surface area (Å²) in [7, 11) is 0. The minimum absolute atomic E-state index is 0.138. The van der Waals surface area contributed by atoms with Gasteiger partial charge in [0.05, 0.1) is 17.7 Å². The van der Waals surface area contributed by atoms with Crippen LogP contribution in [0.1, 0.15) is 34.0 Å². The maximum atomic E-state index is 13.1. The number of nitrogens with zero attached hydrogens (tertiary/aromatic N) is 1. The molecular weight excluding hydrogens is 307 g/mol. The van der Waals surface area contributed by atoms with Gasteiger partial charge in [-0.3, -0.25) is 4.79 Å². The smallest absolute Gasteiger partial charge is 0.251 e. The van der Waals surface area contributed by atoms with E-state index in [2.05, 4.69) is 5.32 Å². The van der Waals surface area contributed by atoms with Gasteiger partial charge in [-0.25, -0.2) is 4.39 Å². The lowest BCUT2D eigenvalue weighted by molar-refractivity contribution is 0.0846. The monoisotopic (exact) mass is 324 g/mol. The van der Waals surface area contributed by atoms with Crippen molar-refractivity contribution in [1.29, 1.82) is 5.26 Å². The summed E-state index contributed by atoms with van der Waals surface area (Å²) in [6, 6.07) is 14.9. The molecule has 1 fully saturated rings. The summed E-state index contributed by atoms with van der Waals surface area (Å²) in [6.07, 6.45) is 0.692. The van der Waals surface area contributed by atoms with Crippen LogP contribution in [0.15, 0.2) is 48.5 Å². The third-order valence-electron chi connectivity index (χ3n) is 4.19. The third kappa shape index (κ3) is 3.61. The third-order valence-corrected chi connectivity index (χ3v) is 4.19. The Bertz CT molecular complexity index is 768. The van der Waals surface area contributed by atoms with Crippen molar-refractivity contribution in [2.45, 2.75) is 12.5 Å². The summed E-state index contributed by atoms with van der Waals surface area (Å²) in [5.74, 6) is -0.352. The van der Waals surface area contributed by atoms with E-state index in [-0.39, 0.29) is 23.7 Å². The summed E-state index contributed by atoms with van der Waals surface area (Å²) in [6.45, 7) is 1.09. The second kappa shape index (κ2) is 7.24. The Kier molecular flexibility index (Phi) is 4.88. The number of hydrogen-bond donors (Lipinski definition) is 1. The van der Waals surface area contributed by atoms with Crippen molar-refractivity contribution in [1.82, 2.24) is 5.32 Å². The van der Waals surface area contributed by atoms with E-state index in [0.29, 0.717) is 24.3 Å². The van der Waals surface area contributed by atoms with Crippen LogP contribution in [0.4, 0.5) is 4.39 Å². The molecule has 3 rings (SSSR count). The van der Waals surface area contributed by atoms with Crippen LogP contribution in [-0.4, -0.2) is 19.1 Å². The van der Waals surface area contributed by atoms with E-state index in [1.807, 2.05) is 6.07 Å². The Hall–Kier alpha value is -2.71. The van der Waals surface area contributed by atoms with Gasteiger partial charge in [-0.1, -0.05) is 18.2 Å². The molecule has 0 aliphatic carbocycles. The number of nitriles is 1. The van der Waals surface area contributed by atoms with Crippen LogP contribution in [0.3, 0.4) is 0 Å². The van der Waals surface area contributed by atoms with Gasteiger partial charge in [-0.15, -0.1) is 0 Å². The number of amides is 1.